The van der Waals surface area contributed by atoms with Gasteiger partial charge >= 0.3 is 5.97 Å². The van der Waals surface area contributed by atoms with Gasteiger partial charge in [-0.25, -0.2) is 9.78 Å². The van der Waals surface area contributed by atoms with E-state index < -0.39 is 5.97 Å². The number of rotatable bonds is 3. The highest BCUT2D eigenvalue weighted by molar-refractivity contribution is 5.94. The van der Waals surface area contributed by atoms with Crippen molar-refractivity contribution in [1.29, 1.82) is 0 Å². The van der Waals surface area contributed by atoms with Gasteiger partial charge in [0.25, 0.3) is 11.3 Å². The van der Waals surface area contributed by atoms with Crippen LogP contribution in [0.4, 0.5) is 0 Å². The van der Waals surface area contributed by atoms with Crippen LogP contribution in [0.25, 0.3) is 22.5 Å². The Balaban J connectivity index is 1.66. The van der Waals surface area contributed by atoms with E-state index in [2.05, 4.69) is 25.3 Å². The van der Waals surface area contributed by atoms with Crippen molar-refractivity contribution in [2.75, 3.05) is 7.11 Å². The van der Waals surface area contributed by atoms with E-state index in [4.69, 9.17) is 4.74 Å². The lowest BCUT2D eigenvalue weighted by Crippen LogP contribution is -2.21. The zero-order valence-corrected chi connectivity index (χ0v) is 16.8. The minimum atomic E-state index is -0.565. The maximum atomic E-state index is 13.2. The first-order chi connectivity index (χ1) is 14.6. The fourth-order valence-corrected chi connectivity index (χ4v) is 4.17. The molecule has 1 saturated carbocycles. The maximum absolute atomic E-state index is 13.2. The molecule has 1 aliphatic carbocycles. The number of nitrogens with zero attached hydrogens (tertiary/aromatic N) is 6. The predicted octanol–water partition coefficient (Wildman–Crippen LogP) is 2.29. The summed E-state index contributed by atoms with van der Waals surface area (Å²) in [6.45, 7) is 1.70. The van der Waals surface area contributed by atoms with Gasteiger partial charge in [0.15, 0.2) is 11.6 Å². The fraction of sp³-hybridized carbons (Fsp3) is 0.400. The molecule has 0 spiro atoms. The summed E-state index contributed by atoms with van der Waals surface area (Å²) in [6, 6.07) is 1.76. The molecule has 0 unspecified atom stereocenters. The van der Waals surface area contributed by atoms with Crippen LogP contribution in [0, 0.1) is 6.92 Å². The first-order valence-corrected chi connectivity index (χ1v) is 9.99. The van der Waals surface area contributed by atoms with Crippen LogP contribution in [0.2, 0.25) is 0 Å². The lowest BCUT2D eigenvalue weighted by molar-refractivity contribution is 0.0600. The van der Waals surface area contributed by atoms with Crippen molar-refractivity contribution in [3.8, 4) is 5.82 Å². The van der Waals surface area contributed by atoms with Gasteiger partial charge in [-0.15, -0.1) is 5.10 Å². The Labute approximate surface area is 170 Å². The summed E-state index contributed by atoms with van der Waals surface area (Å²) in [6.07, 6.45) is 8.86. The molecular weight excluding hydrogens is 386 g/mol. The second-order valence-corrected chi connectivity index (χ2v) is 7.60. The molecule has 4 heterocycles. The third-order valence-electron chi connectivity index (χ3n) is 5.77. The Morgan fingerprint density at radius 1 is 1.27 bits per heavy atom. The summed E-state index contributed by atoms with van der Waals surface area (Å²) in [7, 11) is 1.29. The zero-order chi connectivity index (χ0) is 20.8. The molecule has 30 heavy (non-hydrogen) atoms. The van der Waals surface area contributed by atoms with Gasteiger partial charge in [-0.05, 0) is 25.8 Å². The Kier molecular flexibility index (Phi) is 4.34. The summed E-state index contributed by atoms with van der Waals surface area (Å²) >= 11 is 0. The number of H-pyrrole nitrogens is 1. The van der Waals surface area contributed by atoms with Gasteiger partial charge in [0.2, 0.25) is 0 Å². The van der Waals surface area contributed by atoms with Gasteiger partial charge in [0.05, 0.1) is 18.0 Å². The summed E-state index contributed by atoms with van der Waals surface area (Å²) in [4.78, 5) is 34.3. The van der Waals surface area contributed by atoms with Crippen LogP contribution in [-0.2, 0) is 4.74 Å². The molecular formula is C20H21N7O3. The first kappa shape index (κ1) is 18.5. The van der Waals surface area contributed by atoms with Crippen LogP contribution in [0.3, 0.4) is 0 Å². The number of nitrogens with one attached hydrogen (secondary N) is 1. The number of carbonyl (C=O) groups is 1. The molecule has 4 aromatic heterocycles. The van der Waals surface area contributed by atoms with Gasteiger partial charge in [0, 0.05) is 24.0 Å². The summed E-state index contributed by atoms with van der Waals surface area (Å²) < 4.78 is 7.77. The van der Waals surface area contributed by atoms with Crippen molar-refractivity contribution in [3.05, 3.63) is 45.9 Å². The van der Waals surface area contributed by atoms with E-state index in [-0.39, 0.29) is 16.9 Å². The van der Waals surface area contributed by atoms with E-state index in [1.807, 2.05) is 0 Å². The molecule has 0 amide bonds. The number of aryl methyl sites for hydroxylation is 1. The molecule has 5 rings (SSSR count). The highest BCUT2D eigenvalue weighted by Crippen LogP contribution is 2.31. The zero-order valence-electron chi connectivity index (χ0n) is 16.8. The molecule has 10 nitrogen and oxygen atoms in total. The number of ether oxygens (including phenoxy) is 1. The minimum absolute atomic E-state index is 0.188. The number of hydrogen-bond donors (Lipinski definition) is 1. The van der Waals surface area contributed by atoms with Gasteiger partial charge in [-0.1, -0.05) is 19.3 Å². The Morgan fingerprint density at radius 3 is 2.83 bits per heavy atom. The van der Waals surface area contributed by atoms with Gasteiger partial charge in [0.1, 0.15) is 5.56 Å². The smallest absolute Gasteiger partial charge is 0.343 e. The number of carbonyl (C=O) groups excluding carboxylic acids is 1. The number of esters is 1. The van der Waals surface area contributed by atoms with Crippen LogP contribution in [0.5, 0.6) is 0 Å². The highest BCUT2D eigenvalue weighted by Gasteiger charge is 2.23. The van der Waals surface area contributed by atoms with E-state index in [1.165, 1.54) is 37.1 Å². The molecule has 1 aliphatic rings. The minimum Gasteiger partial charge on any atom is -0.465 e. The number of pyridine rings is 1. The Morgan fingerprint density at radius 2 is 2.07 bits per heavy atom. The van der Waals surface area contributed by atoms with Gasteiger partial charge in [-0.2, -0.15) is 14.6 Å². The van der Waals surface area contributed by atoms with Crippen molar-refractivity contribution in [2.45, 2.75) is 44.9 Å². The third-order valence-corrected chi connectivity index (χ3v) is 5.77. The summed E-state index contributed by atoms with van der Waals surface area (Å²) in [5.41, 5.74) is 0.995. The van der Waals surface area contributed by atoms with Crippen molar-refractivity contribution in [2.24, 2.45) is 0 Å². The molecule has 10 heteroatoms. The number of aromatic amines is 1. The van der Waals surface area contributed by atoms with Crippen molar-refractivity contribution in [1.82, 2.24) is 34.3 Å². The van der Waals surface area contributed by atoms with E-state index in [0.717, 1.165) is 18.7 Å². The predicted molar refractivity (Wildman–Crippen MR) is 108 cm³/mol. The molecule has 4 aromatic rings. The van der Waals surface area contributed by atoms with Gasteiger partial charge in [-0.3, -0.25) is 14.5 Å². The highest BCUT2D eigenvalue weighted by atomic mass is 16.5. The largest absolute Gasteiger partial charge is 0.465 e. The van der Waals surface area contributed by atoms with E-state index >= 15 is 0 Å². The number of hydrogen-bond acceptors (Lipinski definition) is 7. The monoisotopic (exact) mass is 407 g/mol. The van der Waals surface area contributed by atoms with E-state index in [9.17, 15) is 9.59 Å². The standard InChI is InChI=1S/C20H21N7O3/c1-11-15(19(29)30-2)17(24-23-11)26-9-8-14-13(18(26)28)10-21-20-22-16(25-27(14)20)12-6-4-3-5-7-12/h8-10,12H,3-7H2,1-2H3,(H,23,24). The fourth-order valence-electron chi connectivity index (χ4n) is 4.17. The molecule has 0 aromatic carbocycles. The lowest BCUT2D eigenvalue weighted by atomic mass is 9.89. The van der Waals surface area contributed by atoms with Crippen LogP contribution in [-0.4, -0.2) is 47.4 Å². The van der Waals surface area contributed by atoms with Gasteiger partial charge < -0.3 is 4.74 Å². The maximum Gasteiger partial charge on any atom is 0.343 e. The topological polar surface area (TPSA) is 120 Å². The van der Waals surface area contributed by atoms with Crippen molar-refractivity contribution >= 4 is 22.6 Å². The average molecular weight is 407 g/mol. The molecule has 0 bridgehead atoms. The van der Waals surface area contributed by atoms with E-state index in [1.54, 1.807) is 23.7 Å². The van der Waals surface area contributed by atoms with Crippen molar-refractivity contribution < 1.29 is 9.53 Å². The van der Waals surface area contributed by atoms with Crippen LogP contribution in [0.15, 0.2) is 23.3 Å². The normalized spacial score (nSPS) is 15.1. The molecule has 0 radical (unpaired) electrons. The third kappa shape index (κ3) is 2.78. The SMILES string of the molecule is COC(=O)c1c(-n2ccc3c(cnc4nc(C5CCCCC5)nn43)c2=O)n[nH]c1C. The Hall–Kier alpha value is -3.56. The summed E-state index contributed by atoms with van der Waals surface area (Å²) in [5.74, 6) is 1.23. The molecule has 154 valence electrons. The first-order valence-electron chi connectivity index (χ1n) is 9.99. The van der Waals surface area contributed by atoms with Crippen LogP contribution < -0.4 is 5.56 Å². The van der Waals surface area contributed by atoms with Crippen LogP contribution in [0.1, 0.15) is 59.9 Å². The lowest BCUT2D eigenvalue weighted by Gasteiger charge is -2.17. The number of fused-ring (bicyclic) bond motifs is 3. The van der Waals surface area contributed by atoms with Crippen molar-refractivity contribution in [3.63, 3.8) is 0 Å². The Bertz CT molecular complexity index is 1330. The molecule has 1 N–H and O–H groups in total. The summed E-state index contributed by atoms with van der Waals surface area (Å²) in [5, 5.41) is 11.9. The molecule has 1 fully saturated rings. The second kappa shape index (κ2) is 7.05. The molecule has 0 aliphatic heterocycles. The molecule has 0 atom stereocenters. The number of aromatic nitrogens is 7. The molecule has 0 saturated heterocycles. The average Bonchev–Trinajstić information content (AvgIpc) is 3.38. The van der Waals surface area contributed by atoms with E-state index in [0.29, 0.717) is 28.3 Å². The second-order valence-electron chi connectivity index (χ2n) is 7.60. The quantitative estimate of drug-likeness (QED) is 0.517. The van der Waals surface area contributed by atoms with Crippen LogP contribution >= 0.6 is 0 Å². The number of methoxy groups -OCH3 is 1.